The van der Waals surface area contributed by atoms with E-state index in [4.69, 9.17) is 14.6 Å². The van der Waals surface area contributed by atoms with Gasteiger partial charge in [-0.3, -0.25) is 4.79 Å². The van der Waals surface area contributed by atoms with E-state index >= 15 is 0 Å². The van der Waals surface area contributed by atoms with Gasteiger partial charge in [0.25, 0.3) is 0 Å². The van der Waals surface area contributed by atoms with Crippen molar-refractivity contribution >= 4 is 18.0 Å². The molecule has 0 saturated heterocycles. The Morgan fingerprint density at radius 3 is 2.41 bits per heavy atom. The quantitative estimate of drug-likeness (QED) is 0.285. The summed E-state index contributed by atoms with van der Waals surface area (Å²) in [6.07, 6.45) is 6.07. The fourth-order valence-electron chi connectivity index (χ4n) is 2.66. The number of hydrogen-bond donors (Lipinski definition) is 1. The molecule has 0 aromatic heterocycles. The Labute approximate surface area is 171 Å². The van der Waals surface area contributed by atoms with E-state index in [0.717, 1.165) is 34.1 Å². The van der Waals surface area contributed by atoms with Crippen LogP contribution in [0.3, 0.4) is 0 Å². The van der Waals surface area contributed by atoms with E-state index in [9.17, 15) is 9.59 Å². The lowest BCUT2D eigenvalue weighted by Crippen LogP contribution is -2.10. The number of methoxy groups -OCH3 is 1. The van der Waals surface area contributed by atoms with Crippen molar-refractivity contribution in [1.82, 2.24) is 0 Å². The Kier molecular flexibility index (Phi) is 8.22. The molecule has 0 fully saturated rings. The largest absolute Gasteiger partial charge is 0.497 e. The molecule has 5 heteroatoms. The van der Waals surface area contributed by atoms with Gasteiger partial charge in [0.05, 0.1) is 7.11 Å². The van der Waals surface area contributed by atoms with Gasteiger partial charge in [-0.25, -0.2) is 4.79 Å². The molecule has 0 amide bonds. The van der Waals surface area contributed by atoms with Gasteiger partial charge in [-0.2, -0.15) is 0 Å². The molecule has 0 radical (unpaired) electrons. The minimum Gasteiger partial charge on any atom is -0.497 e. The highest BCUT2D eigenvalue weighted by molar-refractivity contribution is 5.85. The van der Waals surface area contributed by atoms with Gasteiger partial charge in [-0.1, -0.05) is 29.8 Å². The molecule has 0 aliphatic heterocycles. The maximum absolute atomic E-state index is 12.3. The Balaban J connectivity index is 2.08. The van der Waals surface area contributed by atoms with Crippen molar-refractivity contribution in [2.24, 2.45) is 0 Å². The monoisotopic (exact) mass is 394 g/mol. The van der Waals surface area contributed by atoms with Gasteiger partial charge in [0.15, 0.2) is 0 Å². The molecule has 1 N–H and O–H groups in total. The standard InChI is InChI=1S/C24H26O5/c1-17(2)4-10-20-16-19(8-14-23(25)26)7-13-22(20)29-24(27)15-9-18-5-11-21(28-3)12-6-18/h4-8,11-14,16H,9-10,15H2,1-3H3,(H,25,26)/b14-8+. The molecular formula is C24H26O5. The average Bonchev–Trinajstić information content (AvgIpc) is 2.70. The van der Waals surface area contributed by atoms with Gasteiger partial charge >= 0.3 is 11.9 Å². The van der Waals surface area contributed by atoms with Crippen molar-refractivity contribution in [2.75, 3.05) is 7.11 Å². The van der Waals surface area contributed by atoms with Crippen molar-refractivity contribution in [3.8, 4) is 11.5 Å². The van der Waals surface area contributed by atoms with E-state index in [1.54, 1.807) is 19.2 Å². The van der Waals surface area contributed by atoms with Crippen LogP contribution < -0.4 is 9.47 Å². The van der Waals surface area contributed by atoms with Crippen molar-refractivity contribution in [2.45, 2.75) is 33.1 Å². The Morgan fingerprint density at radius 2 is 1.79 bits per heavy atom. The molecule has 0 heterocycles. The third-order valence-electron chi connectivity index (χ3n) is 4.23. The number of allylic oxidation sites excluding steroid dienone is 2. The Hall–Kier alpha value is -3.34. The molecule has 29 heavy (non-hydrogen) atoms. The molecule has 0 spiro atoms. The predicted molar refractivity (Wildman–Crippen MR) is 113 cm³/mol. The van der Waals surface area contributed by atoms with Gasteiger partial charge in [0, 0.05) is 12.5 Å². The van der Waals surface area contributed by atoms with Crippen molar-refractivity contribution in [3.05, 3.63) is 76.9 Å². The second kappa shape index (κ2) is 10.9. The summed E-state index contributed by atoms with van der Waals surface area (Å²) in [6.45, 7) is 3.99. The highest BCUT2D eigenvalue weighted by Gasteiger charge is 2.10. The van der Waals surface area contributed by atoms with Gasteiger partial charge in [-0.15, -0.1) is 0 Å². The second-order valence-electron chi connectivity index (χ2n) is 6.85. The Morgan fingerprint density at radius 1 is 1.07 bits per heavy atom. The lowest BCUT2D eigenvalue weighted by Gasteiger charge is -2.11. The normalized spacial score (nSPS) is 10.6. The van der Waals surface area contributed by atoms with Gasteiger partial charge < -0.3 is 14.6 Å². The maximum Gasteiger partial charge on any atom is 0.328 e. The maximum atomic E-state index is 12.3. The zero-order chi connectivity index (χ0) is 21.2. The summed E-state index contributed by atoms with van der Waals surface area (Å²) < 4.78 is 10.7. The summed E-state index contributed by atoms with van der Waals surface area (Å²) in [5, 5.41) is 8.80. The summed E-state index contributed by atoms with van der Waals surface area (Å²) in [5.74, 6) is -0.0510. The molecule has 0 aliphatic rings. The van der Waals surface area contributed by atoms with E-state index in [1.807, 2.05) is 50.3 Å². The lowest BCUT2D eigenvalue weighted by atomic mass is 10.0. The second-order valence-corrected chi connectivity index (χ2v) is 6.85. The Bertz CT molecular complexity index is 903. The zero-order valence-electron chi connectivity index (χ0n) is 17.0. The fraction of sp³-hybridized carbons (Fsp3) is 0.250. The lowest BCUT2D eigenvalue weighted by molar-refractivity contribution is -0.134. The first kappa shape index (κ1) is 22.0. The third kappa shape index (κ3) is 7.66. The third-order valence-corrected chi connectivity index (χ3v) is 4.23. The highest BCUT2D eigenvalue weighted by atomic mass is 16.5. The minimum atomic E-state index is -1.01. The van der Waals surface area contributed by atoms with Crippen LogP contribution in [0, 0.1) is 0 Å². The van der Waals surface area contributed by atoms with Crippen LogP contribution in [0.1, 0.15) is 37.0 Å². The number of benzene rings is 2. The molecule has 0 bridgehead atoms. The van der Waals surface area contributed by atoms with Crippen molar-refractivity contribution < 1.29 is 24.2 Å². The minimum absolute atomic E-state index is 0.259. The molecule has 0 unspecified atom stereocenters. The van der Waals surface area contributed by atoms with Crippen LogP contribution in [0.5, 0.6) is 11.5 Å². The van der Waals surface area contributed by atoms with Gasteiger partial charge in [0.2, 0.25) is 0 Å². The van der Waals surface area contributed by atoms with Crippen LogP contribution in [0.4, 0.5) is 0 Å². The summed E-state index contributed by atoms with van der Waals surface area (Å²) >= 11 is 0. The molecule has 5 nitrogen and oxygen atoms in total. The number of aryl methyl sites for hydroxylation is 1. The summed E-state index contributed by atoms with van der Waals surface area (Å²) in [6, 6.07) is 12.9. The van der Waals surface area contributed by atoms with E-state index in [1.165, 1.54) is 6.08 Å². The van der Waals surface area contributed by atoms with Crippen LogP contribution >= 0.6 is 0 Å². The number of carbonyl (C=O) groups excluding carboxylic acids is 1. The van der Waals surface area contributed by atoms with Crippen LogP contribution in [0.2, 0.25) is 0 Å². The SMILES string of the molecule is COc1ccc(CCC(=O)Oc2ccc(/C=C/C(=O)O)cc2CC=C(C)C)cc1. The van der Waals surface area contributed by atoms with E-state index < -0.39 is 5.97 Å². The van der Waals surface area contributed by atoms with Crippen molar-refractivity contribution in [1.29, 1.82) is 0 Å². The molecule has 152 valence electrons. The first-order valence-corrected chi connectivity index (χ1v) is 9.38. The topological polar surface area (TPSA) is 72.8 Å². The number of aliphatic carboxylic acids is 1. The molecule has 2 aromatic carbocycles. The summed E-state index contributed by atoms with van der Waals surface area (Å²) in [4.78, 5) is 23.1. The molecule has 2 aromatic rings. The first-order valence-electron chi connectivity index (χ1n) is 9.38. The summed E-state index contributed by atoms with van der Waals surface area (Å²) in [7, 11) is 1.61. The number of esters is 1. The zero-order valence-corrected chi connectivity index (χ0v) is 17.0. The van der Waals surface area contributed by atoms with Crippen LogP contribution in [0.25, 0.3) is 6.08 Å². The van der Waals surface area contributed by atoms with Crippen LogP contribution in [0.15, 0.2) is 60.2 Å². The summed E-state index contributed by atoms with van der Waals surface area (Å²) in [5.41, 5.74) is 3.74. The van der Waals surface area contributed by atoms with Crippen molar-refractivity contribution in [3.63, 3.8) is 0 Å². The molecule has 0 saturated carbocycles. The number of carboxylic acids is 1. The average molecular weight is 394 g/mol. The highest BCUT2D eigenvalue weighted by Crippen LogP contribution is 2.23. The van der Waals surface area contributed by atoms with E-state index in [2.05, 4.69) is 0 Å². The van der Waals surface area contributed by atoms with Gasteiger partial charge in [0.1, 0.15) is 11.5 Å². The van der Waals surface area contributed by atoms with E-state index in [0.29, 0.717) is 18.6 Å². The molecular weight excluding hydrogens is 368 g/mol. The number of carbonyl (C=O) groups is 2. The van der Waals surface area contributed by atoms with Crippen LogP contribution in [-0.2, 0) is 22.4 Å². The first-order chi connectivity index (χ1) is 13.9. The smallest absolute Gasteiger partial charge is 0.328 e. The number of ether oxygens (including phenoxy) is 2. The number of carboxylic acid groups (broad SMARTS) is 1. The van der Waals surface area contributed by atoms with Gasteiger partial charge in [-0.05, 0) is 73.7 Å². The predicted octanol–water partition coefficient (Wildman–Crippen LogP) is 4.84. The number of hydrogen-bond acceptors (Lipinski definition) is 4. The van der Waals surface area contributed by atoms with Crippen LogP contribution in [-0.4, -0.2) is 24.2 Å². The molecule has 0 aliphatic carbocycles. The van der Waals surface area contributed by atoms with E-state index in [-0.39, 0.29) is 12.4 Å². The molecule has 2 rings (SSSR count). The number of rotatable bonds is 9. The molecule has 0 atom stereocenters. The fourth-order valence-corrected chi connectivity index (χ4v) is 2.66.